The van der Waals surface area contributed by atoms with Gasteiger partial charge in [0.25, 0.3) is 0 Å². The Labute approximate surface area is 197 Å². The van der Waals surface area contributed by atoms with Gasteiger partial charge in [-0.25, -0.2) is 0 Å². The maximum absolute atomic E-state index is 12.6. The quantitative estimate of drug-likeness (QED) is 0.552. The van der Waals surface area contributed by atoms with Gasteiger partial charge in [-0.2, -0.15) is 0 Å². The second-order valence-electron chi connectivity index (χ2n) is 8.29. The van der Waals surface area contributed by atoms with Crippen LogP contribution in [0.25, 0.3) is 0 Å². The summed E-state index contributed by atoms with van der Waals surface area (Å²) in [4.78, 5) is 15.0. The number of thioether (sulfide) groups is 1. The molecule has 0 radical (unpaired) electrons. The number of benzene rings is 2. The summed E-state index contributed by atoms with van der Waals surface area (Å²) >= 11 is 1.35. The van der Waals surface area contributed by atoms with Crippen molar-refractivity contribution in [3.8, 4) is 11.5 Å². The smallest absolute Gasteiger partial charge is 0.234 e. The van der Waals surface area contributed by atoms with Crippen LogP contribution >= 0.6 is 11.8 Å². The number of para-hydroxylation sites is 2. The largest absolute Gasteiger partial charge is 0.485 e. The van der Waals surface area contributed by atoms with Crippen molar-refractivity contribution in [1.82, 2.24) is 14.8 Å². The van der Waals surface area contributed by atoms with Gasteiger partial charge in [0.2, 0.25) is 5.91 Å². The number of amides is 1. The monoisotopic (exact) mass is 465 g/mol. The number of hydrogen-bond donors (Lipinski definition) is 1. The van der Waals surface area contributed by atoms with Crippen LogP contribution in [0.5, 0.6) is 11.5 Å². The number of rotatable bonds is 6. The first-order valence-corrected chi connectivity index (χ1v) is 12.1. The highest BCUT2D eigenvalue weighted by atomic mass is 32.2. The Hall–Kier alpha value is -3.20. The van der Waals surface area contributed by atoms with E-state index in [1.54, 1.807) is 0 Å². The molecule has 33 heavy (non-hydrogen) atoms. The Morgan fingerprint density at radius 2 is 1.94 bits per heavy atom. The lowest BCUT2D eigenvalue weighted by Gasteiger charge is -2.25. The second kappa shape index (κ2) is 9.35. The number of fused-ring (bicyclic) bond motifs is 1. The molecule has 2 aliphatic heterocycles. The molecule has 172 valence electrons. The van der Waals surface area contributed by atoms with Gasteiger partial charge in [0.15, 0.2) is 28.6 Å². The first-order valence-electron chi connectivity index (χ1n) is 11.1. The van der Waals surface area contributed by atoms with Crippen LogP contribution < -0.4 is 19.7 Å². The summed E-state index contributed by atoms with van der Waals surface area (Å²) in [5.41, 5.74) is 3.13. The Kier molecular flexibility index (Phi) is 6.13. The van der Waals surface area contributed by atoms with Crippen LogP contribution in [-0.2, 0) is 11.8 Å². The lowest BCUT2D eigenvalue weighted by Crippen LogP contribution is -2.24. The third kappa shape index (κ3) is 4.64. The maximum Gasteiger partial charge on any atom is 0.234 e. The van der Waals surface area contributed by atoms with Crippen molar-refractivity contribution in [1.29, 1.82) is 0 Å². The molecule has 1 amide bonds. The molecule has 0 spiro atoms. The Morgan fingerprint density at radius 1 is 1.15 bits per heavy atom. The number of ether oxygens (including phenoxy) is 2. The summed E-state index contributed by atoms with van der Waals surface area (Å²) in [6, 6.07) is 13.8. The highest BCUT2D eigenvalue weighted by Crippen LogP contribution is 2.35. The Balaban J connectivity index is 1.18. The molecule has 0 saturated carbocycles. The zero-order valence-corrected chi connectivity index (χ0v) is 19.6. The molecule has 1 unspecified atom stereocenters. The van der Waals surface area contributed by atoms with E-state index in [2.05, 4.69) is 32.5 Å². The van der Waals surface area contributed by atoms with Gasteiger partial charge in [-0.1, -0.05) is 23.9 Å². The molecule has 2 aliphatic rings. The van der Waals surface area contributed by atoms with Crippen LogP contribution in [0.15, 0.2) is 47.6 Å². The lowest BCUT2D eigenvalue weighted by molar-refractivity contribution is -0.113. The van der Waals surface area contributed by atoms with E-state index in [1.165, 1.54) is 30.3 Å². The van der Waals surface area contributed by atoms with Gasteiger partial charge in [-0.05, 0) is 55.7 Å². The SMILES string of the molecule is Cc1cc(N2CCCC2)ccc1NC(=O)CSc1nnc(C2COc3ccccc3O2)n1C. The zero-order valence-electron chi connectivity index (χ0n) is 18.8. The van der Waals surface area contributed by atoms with Gasteiger partial charge in [0, 0.05) is 31.5 Å². The second-order valence-corrected chi connectivity index (χ2v) is 9.24. The first-order chi connectivity index (χ1) is 16.1. The van der Waals surface area contributed by atoms with Crippen molar-refractivity contribution < 1.29 is 14.3 Å². The molecular weight excluding hydrogens is 438 g/mol. The number of aryl methyl sites for hydroxylation is 1. The van der Waals surface area contributed by atoms with E-state index in [0.717, 1.165) is 30.1 Å². The lowest BCUT2D eigenvalue weighted by atomic mass is 10.1. The summed E-state index contributed by atoms with van der Waals surface area (Å²) in [6.45, 7) is 4.60. The average Bonchev–Trinajstić information content (AvgIpc) is 3.49. The molecule has 3 aromatic rings. The van der Waals surface area contributed by atoms with Crippen LogP contribution in [0.4, 0.5) is 11.4 Å². The molecular formula is C24H27N5O3S. The third-order valence-corrected chi connectivity index (χ3v) is 6.97. The van der Waals surface area contributed by atoms with Gasteiger partial charge in [0.1, 0.15) is 6.61 Å². The van der Waals surface area contributed by atoms with E-state index in [1.807, 2.05) is 48.9 Å². The Morgan fingerprint density at radius 3 is 2.73 bits per heavy atom. The number of nitrogens with one attached hydrogen (secondary N) is 1. The van der Waals surface area contributed by atoms with E-state index in [0.29, 0.717) is 23.3 Å². The minimum Gasteiger partial charge on any atom is -0.485 e. The van der Waals surface area contributed by atoms with Crippen molar-refractivity contribution in [2.45, 2.75) is 31.0 Å². The van der Waals surface area contributed by atoms with Crippen LogP contribution in [-0.4, -0.2) is 46.1 Å². The molecule has 0 bridgehead atoms. The summed E-state index contributed by atoms with van der Waals surface area (Å²) in [5.74, 6) is 2.25. The number of hydrogen-bond acceptors (Lipinski definition) is 7. The summed E-state index contributed by atoms with van der Waals surface area (Å²) in [7, 11) is 1.88. The van der Waals surface area contributed by atoms with Crippen LogP contribution in [0.1, 0.15) is 30.3 Å². The van der Waals surface area contributed by atoms with Crippen molar-refractivity contribution in [2.75, 3.05) is 35.7 Å². The first kappa shape index (κ1) is 21.6. The van der Waals surface area contributed by atoms with E-state index < -0.39 is 0 Å². The highest BCUT2D eigenvalue weighted by Gasteiger charge is 2.27. The molecule has 1 fully saturated rings. The normalized spacial score (nSPS) is 17.3. The molecule has 1 N–H and O–H groups in total. The van der Waals surface area contributed by atoms with Crippen LogP contribution in [0, 0.1) is 6.92 Å². The van der Waals surface area contributed by atoms with Crippen molar-refractivity contribution in [3.63, 3.8) is 0 Å². The van der Waals surface area contributed by atoms with Gasteiger partial charge in [-0.3, -0.25) is 4.79 Å². The van der Waals surface area contributed by atoms with Gasteiger partial charge in [-0.15, -0.1) is 10.2 Å². The molecule has 1 aromatic heterocycles. The summed E-state index contributed by atoms with van der Waals surface area (Å²) < 4.78 is 13.7. The van der Waals surface area contributed by atoms with Crippen molar-refractivity contribution in [3.05, 3.63) is 53.9 Å². The third-order valence-electron chi connectivity index (χ3n) is 5.95. The van der Waals surface area contributed by atoms with Crippen molar-refractivity contribution >= 4 is 29.0 Å². The number of carbonyl (C=O) groups excluding carboxylic acids is 1. The molecule has 9 heteroatoms. The molecule has 1 saturated heterocycles. The van der Waals surface area contributed by atoms with Gasteiger partial charge >= 0.3 is 0 Å². The summed E-state index contributed by atoms with van der Waals surface area (Å²) in [6.07, 6.45) is 2.13. The molecule has 3 heterocycles. The number of anilines is 2. The standard InChI is InChI=1S/C24H27N5O3S/c1-16-13-17(29-11-5-6-12-29)9-10-18(16)25-22(30)15-33-24-27-26-23(28(24)2)21-14-31-19-7-3-4-8-20(19)32-21/h3-4,7-10,13,21H,5-6,11-12,14-15H2,1-2H3,(H,25,30). The van der Waals surface area contributed by atoms with E-state index >= 15 is 0 Å². The topological polar surface area (TPSA) is 81.5 Å². The van der Waals surface area contributed by atoms with E-state index in [9.17, 15) is 4.79 Å². The molecule has 5 rings (SSSR count). The minimum atomic E-state index is -0.350. The predicted octanol–water partition coefficient (Wildman–Crippen LogP) is 3.97. The van der Waals surface area contributed by atoms with Gasteiger partial charge in [0.05, 0.1) is 5.75 Å². The fraction of sp³-hybridized carbons (Fsp3) is 0.375. The maximum atomic E-state index is 12.6. The Bertz CT molecular complexity index is 1160. The molecule has 0 aliphatic carbocycles. The van der Waals surface area contributed by atoms with Crippen LogP contribution in [0.2, 0.25) is 0 Å². The fourth-order valence-corrected chi connectivity index (χ4v) is 4.87. The zero-order chi connectivity index (χ0) is 22.8. The predicted molar refractivity (Wildman–Crippen MR) is 128 cm³/mol. The molecule has 2 aromatic carbocycles. The van der Waals surface area contributed by atoms with Crippen molar-refractivity contribution in [2.24, 2.45) is 7.05 Å². The van der Waals surface area contributed by atoms with Gasteiger partial charge < -0.3 is 24.3 Å². The average molecular weight is 466 g/mol. The highest BCUT2D eigenvalue weighted by molar-refractivity contribution is 7.99. The fourth-order valence-electron chi connectivity index (χ4n) is 4.16. The van der Waals surface area contributed by atoms with Crippen LogP contribution in [0.3, 0.4) is 0 Å². The number of aromatic nitrogens is 3. The van der Waals surface area contributed by atoms with E-state index in [4.69, 9.17) is 9.47 Å². The molecule has 8 nitrogen and oxygen atoms in total. The minimum absolute atomic E-state index is 0.0762. The number of carbonyl (C=O) groups is 1. The number of nitrogens with zero attached hydrogens (tertiary/aromatic N) is 4. The molecule has 1 atom stereocenters. The van der Waals surface area contributed by atoms with E-state index in [-0.39, 0.29) is 17.8 Å². The summed E-state index contributed by atoms with van der Waals surface area (Å²) in [5, 5.41) is 12.2.